The first-order valence-corrected chi connectivity index (χ1v) is 10.5. The fourth-order valence-corrected chi connectivity index (χ4v) is 3.60. The van der Waals surface area contributed by atoms with Crippen LogP contribution in [0.4, 0.5) is 4.79 Å². The van der Waals surface area contributed by atoms with Gasteiger partial charge in [0.2, 0.25) is 5.91 Å². The van der Waals surface area contributed by atoms with Crippen LogP contribution in [-0.4, -0.2) is 48.5 Å². The molecule has 0 fully saturated rings. The molecule has 0 aromatic heterocycles. The summed E-state index contributed by atoms with van der Waals surface area (Å²) >= 11 is 0. The molecule has 7 nitrogen and oxygen atoms in total. The largest absolute Gasteiger partial charge is 0.465 e. The molecule has 0 saturated heterocycles. The van der Waals surface area contributed by atoms with Gasteiger partial charge in [-0.3, -0.25) is 9.59 Å². The third-order valence-corrected chi connectivity index (χ3v) is 5.36. The number of carbonyl (C=O) groups is 3. The second-order valence-electron chi connectivity index (χ2n) is 7.38. The van der Waals surface area contributed by atoms with Gasteiger partial charge in [0.15, 0.2) is 0 Å². The summed E-state index contributed by atoms with van der Waals surface area (Å²) in [5.74, 6) is -0.545. The van der Waals surface area contributed by atoms with E-state index in [0.717, 1.165) is 25.7 Å². The van der Waals surface area contributed by atoms with Crippen LogP contribution < -0.4 is 10.6 Å². The third kappa shape index (κ3) is 6.76. The summed E-state index contributed by atoms with van der Waals surface area (Å²) in [6, 6.07) is 7.86. The number of nitrogens with zero attached hydrogens (tertiary/aromatic N) is 1. The summed E-state index contributed by atoms with van der Waals surface area (Å²) in [5, 5.41) is 5.70. The topological polar surface area (TPSA) is 87.7 Å². The van der Waals surface area contributed by atoms with Crippen molar-refractivity contribution in [1.82, 2.24) is 15.5 Å². The van der Waals surface area contributed by atoms with Gasteiger partial charge < -0.3 is 20.3 Å². The summed E-state index contributed by atoms with van der Waals surface area (Å²) in [6.07, 6.45) is 4.00. The first-order valence-electron chi connectivity index (χ1n) is 10.5. The number of nitrogens with one attached hydrogen (secondary N) is 2. The van der Waals surface area contributed by atoms with Crippen LogP contribution in [-0.2, 0) is 20.7 Å². The third-order valence-electron chi connectivity index (χ3n) is 5.36. The number of rotatable bonds is 9. The number of benzene rings is 1. The van der Waals surface area contributed by atoms with Gasteiger partial charge in [-0.2, -0.15) is 0 Å². The number of amides is 3. The van der Waals surface area contributed by atoms with Crippen LogP contribution in [0.5, 0.6) is 0 Å². The van der Waals surface area contributed by atoms with Crippen molar-refractivity contribution >= 4 is 17.9 Å². The Morgan fingerprint density at radius 1 is 1.24 bits per heavy atom. The van der Waals surface area contributed by atoms with Gasteiger partial charge in [0.1, 0.15) is 6.54 Å². The Balaban J connectivity index is 1.89. The Morgan fingerprint density at radius 2 is 2.00 bits per heavy atom. The molecule has 0 heterocycles. The summed E-state index contributed by atoms with van der Waals surface area (Å²) in [7, 11) is 0. The van der Waals surface area contributed by atoms with Gasteiger partial charge in [-0.1, -0.05) is 31.2 Å². The molecule has 0 bridgehead atoms. The number of aryl methyl sites for hydroxylation is 1. The van der Waals surface area contributed by atoms with Gasteiger partial charge in [0.05, 0.1) is 12.6 Å². The first kappa shape index (κ1) is 22.7. The van der Waals surface area contributed by atoms with Crippen LogP contribution >= 0.6 is 0 Å². The minimum Gasteiger partial charge on any atom is -0.465 e. The minimum absolute atomic E-state index is 0.0298. The number of fused-ring (bicyclic) bond motifs is 1. The van der Waals surface area contributed by atoms with Crippen molar-refractivity contribution in [2.45, 2.75) is 65.0 Å². The zero-order valence-electron chi connectivity index (χ0n) is 17.7. The van der Waals surface area contributed by atoms with Crippen molar-refractivity contribution in [3.05, 3.63) is 35.4 Å². The van der Waals surface area contributed by atoms with Gasteiger partial charge in [-0.05, 0) is 50.7 Å². The number of esters is 1. The van der Waals surface area contributed by atoms with E-state index < -0.39 is 5.97 Å². The van der Waals surface area contributed by atoms with Crippen LogP contribution in [0.3, 0.4) is 0 Å². The molecule has 2 rings (SSSR count). The highest BCUT2D eigenvalue weighted by atomic mass is 16.5. The molecule has 1 aliphatic rings. The number of hydrogen-bond donors (Lipinski definition) is 2. The van der Waals surface area contributed by atoms with Gasteiger partial charge in [0, 0.05) is 19.0 Å². The fraction of sp³-hybridized carbons (Fsp3) is 0.591. The highest BCUT2D eigenvalue weighted by Gasteiger charge is 2.24. The van der Waals surface area contributed by atoms with E-state index >= 15 is 0 Å². The zero-order chi connectivity index (χ0) is 21.2. The zero-order valence-corrected chi connectivity index (χ0v) is 17.7. The maximum absolute atomic E-state index is 12.6. The van der Waals surface area contributed by atoms with E-state index in [0.29, 0.717) is 6.54 Å². The van der Waals surface area contributed by atoms with Crippen LogP contribution in [0.2, 0.25) is 0 Å². The van der Waals surface area contributed by atoms with Crippen molar-refractivity contribution in [2.24, 2.45) is 0 Å². The molecule has 1 aliphatic carbocycles. The smallest absolute Gasteiger partial charge is 0.325 e. The second-order valence-corrected chi connectivity index (χ2v) is 7.38. The monoisotopic (exact) mass is 403 g/mol. The minimum atomic E-state index is -0.473. The molecular formula is C22H33N3O4. The van der Waals surface area contributed by atoms with Crippen molar-refractivity contribution < 1.29 is 19.1 Å². The van der Waals surface area contributed by atoms with Crippen LogP contribution in [0, 0.1) is 0 Å². The molecule has 7 heteroatoms. The molecular weight excluding hydrogens is 370 g/mol. The van der Waals surface area contributed by atoms with Crippen molar-refractivity contribution in [1.29, 1.82) is 0 Å². The van der Waals surface area contributed by atoms with Crippen molar-refractivity contribution in [2.75, 3.05) is 19.7 Å². The Hall–Kier alpha value is -2.57. The molecule has 2 unspecified atom stereocenters. The molecule has 0 aliphatic heterocycles. The lowest BCUT2D eigenvalue weighted by Crippen LogP contribution is -2.47. The number of ether oxygens (including phenoxy) is 1. The Labute approximate surface area is 173 Å². The fourth-order valence-electron chi connectivity index (χ4n) is 3.60. The van der Waals surface area contributed by atoms with E-state index in [9.17, 15) is 14.4 Å². The lowest BCUT2D eigenvalue weighted by atomic mass is 9.87. The molecule has 0 saturated carbocycles. The molecule has 0 spiro atoms. The Kier molecular flexibility index (Phi) is 8.96. The van der Waals surface area contributed by atoms with Gasteiger partial charge >= 0.3 is 12.0 Å². The molecule has 3 amide bonds. The molecule has 29 heavy (non-hydrogen) atoms. The summed E-state index contributed by atoms with van der Waals surface area (Å²) in [4.78, 5) is 38.1. The second kappa shape index (κ2) is 11.4. The summed E-state index contributed by atoms with van der Waals surface area (Å²) < 4.78 is 4.83. The van der Waals surface area contributed by atoms with Crippen LogP contribution in [0.1, 0.15) is 63.6 Å². The van der Waals surface area contributed by atoms with Gasteiger partial charge in [0.25, 0.3) is 0 Å². The molecule has 2 atom stereocenters. The lowest BCUT2D eigenvalue weighted by Gasteiger charge is -2.29. The quantitative estimate of drug-likeness (QED) is 0.621. The van der Waals surface area contributed by atoms with E-state index in [-0.39, 0.29) is 43.6 Å². The standard InChI is InChI=1S/C22H33N3O4/c1-4-16(3)25(22(28)23-15-21(27)29-5-2)14-13-20(26)24-19-12-8-10-17-9-6-7-11-18(17)19/h6-7,9,11,16,19H,4-5,8,10,12-15H2,1-3H3,(H,23,28)(H,24,26). The van der Waals surface area contributed by atoms with E-state index in [4.69, 9.17) is 4.74 Å². The van der Waals surface area contributed by atoms with E-state index in [2.05, 4.69) is 22.8 Å². The number of urea groups is 1. The van der Waals surface area contributed by atoms with Crippen molar-refractivity contribution in [3.8, 4) is 0 Å². The number of hydrogen-bond acceptors (Lipinski definition) is 4. The van der Waals surface area contributed by atoms with E-state index in [1.165, 1.54) is 11.1 Å². The van der Waals surface area contributed by atoms with Gasteiger partial charge in [-0.25, -0.2) is 4.79 Å². The lowest BCUT2D eigenvalue weighted by molar-refractivity contribution is -0.141. The average Bonchev–Trinajstić information content (AvgIpc) is 2.72. The highest BCUT2D eigenvalue weighted by molar-refractivity contribution is 5.82. The average molecular weight is 404 g/mol. The van der Waals surface area contributed by atoms with Gasteiger partial charge in [-0.15, -0.1) is 0 Å². The van der Waals surface area contributed by atoms with Crippen LogP contribution in [0.25, 0.3) is 0 Å². The highest BCUT2D eigenvalue weighted by Crippen LogP contribution is 2.29. The van der Waals surface area contributed by atoms with E-state index in [1.807, 2.05) is 26.0 Å². The predicted molar refractivity (Wildman–Crippen MR) is 111 cm³/mol. The summed E-state index contributed by atoms with van der Waals surface area (Å²) in [5.41, 5.74) is 2.49. The Morgan fingerprint density at radius 3 is 2.72 bits per heavy atom. The molecule has 0 radical (unpaired) electrons. The maximum atomic E-state index is 12.6. The predicted octanol–water partition coefficient (Wildman–Crippen LogP) is 2.94. The first-order chi connectivity index (χ1) is 14.0. The normalized spacial score (nSPS) is 16.3. The SMILES string of the molecule is CCOC(=O)CNC(=O)N(CCC(=O)NC1CCCc2ccccc21)C(C)CC. The molecule has 2 N–H and O–H groups in total. The molecule has 1 aromatic carbocycles. The molecule has 1 aromatic rings. The summed E-state index contributed by atoms with van der Waals surface area (Å²) in [6.45, 7) is 6.02. The van der Waals surface area contributed by atoms with Crippen molar-refractivity contribution in [3.63, 3.8) is 0 Å². The van der Waals surface area contributed by atoms with Crippen LogP contribution in [0.15, 0.2) is 24.3 Å². The maximum Gasteiger partial charge on any atom is 0.325 e. The van der Waals surface area contributed by atoms with E-state index in [1.54, 1.807) is 11.8 Å². The Bertz CT molecular complexity index is 707. The molecule has 160 valence electrons. The number of carbonyl (C=O) groups excluding carboxylic acids is 3.